The standard InChI is InChI=1S/C7H9N5/c8-3-6-4-12(11-10-6)7(5-9)1-2-7/h4H,1-3,8H2. The zero-order valence-corrected chi connectivity index (χ0v) is 6.56. The average molecular weight is 163 g/mol. The van der Waals surface area contributed by atoms with Crippen LogP contribution in [-0.2, 0) is 12.1 Å². The molecule has 1 heterocycles. The van der Waals surface area contributed by atoms with Crippen molar-refractivity contribution in [2.24, 2.45) is 5.73 Å². The summed E-state index contributed by atoms with van der Waals surface area (Å²) >= 11 is 0. The Hall–Kier alpha value is -1.41. The van der Waals surface area contributed by atoms with Crippen LogP contribution in [0.25, 0.3) is 0 Å². The van der Waals surface area contributed by atoms with E-state index < -0.39 is 5.54 Å². The number of rotatable bonds is 2. The lowest BCUT2D eigenvalue weighted by molar-refractivity contribution is 0.516. The van der Waals surface area contributed by atoms with Gasteiger partial charge in [0, 0.05) is 6.54 Å². The van der Waals surface area contributed by atoms with Gasteiger partial charge in [-0.05, 0) is 12.8 Å². The molecule has 1 aliphatic rings. The lowest BCUT2D eigenvalue weighted by atomic mass is 10.3. The molecule has 0 unspecified atom stereocenters. The first-order chi connectivity index (χ1) is 5.80. The summed E-state index contributed by atoms with van der Waals surface area (Å²) < 4.78 is 1.62. The van der Waals surface area contributed by atoms with Gasteiger partial charge in [0.1, 0.15) is 0 Å². The summed E-state index contributed by atoms with van der Waals surface area (Å²) in [7, 11) is 0. The summed E-state index contributed by atoms with van der Waals surface area (Å²) in [5, 5.41) is 16.5. The summed E-state index contributed by atoms with van der Waals surface area (Å²) in [5.74, 6) is 0. The van der Waals surface area contributed by atoms with Crippen LogP contribution >= 0.6 is 0 Å². The van der Waals surface area contributed by atoms with Gasteiger partial charge < -0.3 is 5.73 Å². The largest absolute Gasteiger partial charge is 0.325 e. The molecule has 1 aromatic heterocycles. The van der Waals surface area contributed by atoms with Crippen LogP contribution in [0.2, 0.25) is 0 Å². The normalized spacial score (nSPS) is 18.7. The van der Waals surface area contributed by atoms with Crippen molar-refractivity contribution in [3.63, 3.8) is 0 Å². The highest BCUT2D eigenvalue weighted by Gasteiger charge is 2.46. The number of nitrogens with zero attached hydrogens (tertiary/aromatic N) is 4. The summed E-state index contributed by atoms with van der Waals surface area (Å²) in [4.78, 5) is 0. The molecule has 0 aliphatic heterocycles. The molecule has 0 amide bonds. The van der Waals surface area contributed by atoms with Gasteiger partial charge in [0.15, 0.2) is 5.54 Å². The van der Waals surface area contributed by atoms with Crippen molar-refractivity contribution >= 4 is 0 Å². The van der Waals surface area contributed by atoms with E-state index >= 15 is 0 Å². The Labute approximate surface area is 69.8 Å². The lowest BCUT2D eigenvalue weighted by Gasteiger charge is -2.02. The average Bonchev–Trinajstić information content (AvgIpc) is 2.77. The molecule has 0 radical (unpaired) electrons. The first-order valence-corrected chi connectivity index (χ1v) is 3.84. The number of hydrogen-bond donors (Lipinski definition) is 1. The van der Waals surface area contributed by atoms with Crippen molar-refractivity contribution in [3.8, 4) is 6.07 Å². The molecule has 0 bridgehead atoms. The monoisotopic (exact) mass is 163 g/mol. The first kappa shape index (κ1) is 7.25. The Bertz CT molecular complexity index is 330. The van der Waals surface area contributed by atoms with Gasteiger partial charge in [0.25, 0.3) is 0 Å². The molecule has 62 valence electrons. The highest BCUT2D eigenvalue weighted by Crippen LogP contribution is 2.41. The second kappa shape index (κ2) is 2.29. The molecule has 5 heteroatoms. The van der Waals surface area contributed by atoms with E-state index in [2.05, 4.69) is 16.4 Å². The van der Waals surface area contributed by atoms with Crippen LogP contribution in [0.1, 0.15) is 18.5 Å². The van der Waals surface area contributed by atoms with E-state index in [-0.39, 0.29) is 0 Å². The second-order valence-corrected chi connectivity index (χ2v) is 3.00. The van der Waals surface area contributed by atoms with Gasteiger partial charge in [-0.15, -0.1) is 5.10 Å². The number of aromatic nitrogens is 3. The summed E-state index contributed by atoms with van der Waals surface area (Å²) in [6.07, 6.45) is 3.49. The zero-order valence-electron chi connectivity index (χ0n) is 6.56. The molecular weight excluding hydrogens is 154 g/mol. The maximum atomic E-state index is 8.82. The molecule has 1 fully saturated rings. The minimum absolute atomic E-state index is 0.376. The van der Waals surface area contributed by atoms with Gasteiger partial charge in [-0.3, -0.25) is 0 Å². The predicted octanol–water partition coefficient (Wildman–Crippen LogP) is -0.251. The highest BCUT2D eigenvalue weighted by molar-refractivity contribution is 5.15. The first-order valence-electron chi connectivity index (χ1n) is 3.84. The molecule has 2 rings (SSSR count). The Morgan fingerprint density at radius 2 is 2.50 bits per heavy atom. The summed E-state index contributed by atoms with van der Waals surface area (Å²) in [6, 6.07) is 2.23. The second-order valence-electron chi connectivity index (χ2n) is 3.00. The van der Waals surface area contributed by atoms with Crippen molar-refractivity contribution < 1.29 is 0 Å². The van der Waals surface area contributed by atoms with E-state index in [4.69, 9.17) is 11.0 Å². The molecular formula is C7H9N5. The maximum absolute atomic E-state index is 8.82. The fourth-order valence-electron chi connectivity index (χ4n) is 1.11. The molecule has 5 nitrogen and oxygen atoms in total. The number of nitrogens with two attached hydrogens (primary N) is 1. The Morgan fingerprint density at radius 3 is 2.92 bits per heavy atom. The molecule has 0 spiro atoms. The van der Waals surface area contributed by atoms with Crippen LogP contribution < -0.4 is 5.73 Å². The smallest absolute Gasteiger partial charge is 0.150 e. The van der Waals surface area contributed by atoms with Crippen LogP contribution in [0.15, 0.2) is 6.20 Å². The van der Waals surface area contributed by atoms with Gasteiger partial charge in [0.2, 0.25) is 0 Å². The van der Waals surface area contributed by atoms with Crippen LogP contribution in [0.5, 0.6) is 0 Å². The molecule has 1 aliphatic carbocycles. The predicted molar refractivity (Wildman–Crippen MR) is 40.7 cm³/mol. The molecule has 0 aromatic carbocycles. The molecule has 1 saturated carbocycles. The van der Waals surface area contributed by atoms with Crippen LogP contribution in [-0.4, -0.2) is 15.0 Å². The highest BCUT2D eigenvalue weighted by atomic mass is 15.5. The molecule has 0 atom stereocenters. The molecule has 2 N–H and O–H groups in total. The molecule has 0 saturated heterocycles. The lowest BCUT2D eigenvalue weighted by Crippen LogP contribution is -2.14. The third-order valence-electron chi connectivity index (χ3n) is 2.12. The Balaban J connectivity index is 2.30. The van der Waals surface area contributed by atoms with E-state index in [1.807, 2.05) is 0 Å². The van der Waals surface area contributed by atoms with E-state index in [1.165, 1.54) is 0 Å². The Kier molecular flexibility index (Phi) is 1.38. The van der Waals surface area contributed by atoms with Crippen molar-refractivity contribution in [2.75, 3.05) is 0 Å². The maximum Gasteiger partial charge on any atom is 0.150 e. The molecule has 12 heavy (non-hydrogen) atoms. The van der Waals surface area contributed by atoms with Crippen molar-refractivity contribution in [2.45, 2.75) is 24.9 Å². The van der Waals surface area contributed by atoms with E-state index in [0.29, 0.717) is 6.54 Å². The van der Waals surface area contributed by atoms with Crippen LogP contribution in [0.3, 0.4) is 0 Å². The summed E-state index contributed by atoms with van der Waals surface area (Å²) in [5.41, 5.74) is 5.70. The summed E-state index contributed by atoms with van der Waals surface area (Å²) in [6.45, 7) is 0.376. The fourth-order valence-corrected chi connectivity index (χ4v) is 1.11. The zero-order chi connectivity index (χ0) is 8.60. The van der Waals surface area contributed by atoms with Gasteiger partial charge >= 0.3 is 0 Å². The van der Waals surface area contributed by atoms with Gasteiger partial charge in [0.05, 0.1) is 18.0 Å². The minimum atomic E-state index is -0.402. The van der Waals surface area contributed by atoms with Crippen molar-refractivity contribution in [3.05, 3.63) is 11.9 Å². The number of nitriles is 1. The Morgan fingerprint density at radius 1 is 1.75 bits per heavy atom. The topological polar surface area (TPSA) is 80.5 Å². The van der Waals surface area contributed by atoms with Crippen LogP contribution in [0.4, 0.5) is 0 Å². The van der Waals surface area contributed by atoms with E-state index in [9.17, 15) is 0 Å². The third-order valence-corrected chi connectivity index (χ3v) is 2.12. The third kappa shape index (κ3) is 0.889. The number of hydrogen-bond acceptors (Lipinski definition) is 4. The van der Waals surface area contributed by atoms with E-state index in [1.54, 1.807) is 10.9 Å². The van der Waals surface area contributed by atoms with Gasteiger partial charge in [-0.25, -0.2) is 4.68 Å². The van der Waals surface area contributed by atoms with Crippen molar-refractivity contribution in [1.29, 1.82) is 5.26 Å². The minimum Gasteiger partial charge on any atom is -0.325 e. The SMILES string of the molecule is N#CC1(n2cc(CN)nn2)CC1. The van der Waals surface area contributed by atoms with Crippen LogP contribution in [0, 0.1) is 11.3 Å². The quantitative estimate of drug-likeness (QED) is 0.651. The van der Waals surface area contributed by atoms with Crippen molar-refractivity contribution in [1.82, 2.24) is 15.0 Å². The van der Waals surface area contributed by atoms with Gasteiger partial charge in [-0.2, -0.15) is 5.26 Å². The van der Waals surface area contributed by atoms with E-state index in [0.717, 1.165) is 18.5 Å². The molecule has 1 aromatic rings. The fraction of sp³-hybridized carbons (Fsp3) is 0.571. The van der Waals surface area contributed by atoms with Gasteiger partial charge in [-0.1, -0.05) is 5.21 Å².